The molecule has 0 fully saturated rings. The van der Waals surface area contributed by atoms with Crippen molar-refractivity contribution in [2.45, 2.75) is 0 Å². The van der Waals surface area contributed by atoms with Crippen molar-refractivity contribution in [1.29, 1.82) is 0 Å². The van der Waals surface area contributed by atoms with Gasteiger partial charge in [0.15, 0.2) is 0 Å². The van der Waals surface area contributed by atoms with Crippen molar-refractivity contribution in [1.82, 2.24) is 15.4 Å². The fourth-order valence-electron chi connectivity index (χ4n) is 0.270. The summed E-state index contributed by atoms with van der Waals surface area (Å²) < 4.78 is 0. The van der Waals surface area contributed by atoms with Crippen LogP contribution in [-0.4, -0.2) is 15.4 Å². The summed E-state index contributed by atoms with van der Waals surface area (Å²) >= 11 is 0. The maximum absolute atomic E-state index is 2.68. The zero-order valence-electron chi connectivity index (χ0n) is 3.65. The molecule has 0 atom stereocenters. The van der Waals surface area contributed by atoms with Crippen molar-refractivity contribution < 1.29 is 0 Å². The Morgan fingerprint density at radius 3 is 3.43 bits per heavy atom. The molecule has 0 saturated heterocycles. The molecule has 3 N–H and O–H groups in total. The second-order valence-electron chi connectivity index (χ2n) is 0.997. The van der Waals surface area contributed by atoms with Crippen molar-refractivity contribution >= 4 is 0 Å². The molecule has 1 heterocycles. The van der Waals surface area contributed by atoms with Crippen LogP contribution in [0.1, 0.15) is 0 Å². The summed E-state index contributed by atoms with van der Waals surface area (Å²) in [5, 5.41) is 7.83. The molecule has 1 aromatic heterocycles. The lowest BCUT2D eigenvalue weighted by molar-refractivity contribution is 0.887. The summed E-state index contributed by atoms with van der Waals surface area (Å²) in [6, 6.07) is 4.38. The molecule has 3 nitrogen and oxygen atoms in total. The second-order valence-corrected chi connectivity index (χ2v) is 0.997. The Balaban J connectivity index is 3.06. The summed E-state index contributed by atoms with van der Waals surface area (Å²) in [6.45, 7) is 0. The van der Waals surface area contributed by atoms with Crippen LogP contribution in [0.25, 0.3) is 0 Å². The van der Waals surface area contributed by atoms with E-state index in [9.17, 15) is 0 Å². The van der Waals surface area contributed by atoms with Gasteiger partial charge in [0.05, 0.1) is 6.20 Å². The maximum Gasteiger partial charge on any atom is 0.0890 e. The molecule has 0 unspecified atom stereocenters. The first-order chi connectivity index (χ1) is 3.50. The van der Waals surface area contributed by atoms with Gasteiger partial charge in [-0.25, -0.2) is 5.21 Å². The number of H-pyrrole nitrogens is 3. The SMILES string of the molecule is [c]1[c][nH][nH][nH]cc1. The monoisotopic (exact) mass is 95.0 g/mol. The minimum atomic E-state index is 1.70. The van der Waals surface area contributed by atoms with E-state index in [4.69, 9.17) is 0 Å². The summed E-state index contributed by atoms with van der Waals surface area (Å²) in [6.07, 6.45) is 4.29. The van der Waals surface area contributed by atoms with Crippen LogP contribution < -0.4 is 0 Å². The molecule has 1 aromatic rings. The third-order valence-electron chi connectivity index (χ3n) is 0.519. The van der Waals surface area contributed by atoms with Crippen LogP contribution in [0, 0.1) is 12.3 Å². The Morgan fingerprint density at radius 2 is 2.43 bits per heavy atom. The topological polar surface area (TPSA) is 47.4 Å². The molecule has 0 amide bonds. The van der Waals surface area contributed by atoms with Gasteiger partial charge < -0.3 is 0 Å². The standard InChI is InChI=1S/C4H5N3/c1-2-4-6-7-5-3-1/h1,3,5-7H. The van der Waals surface area contributed by atoms with Crippen LogP contribution >= 0.6 is 0 Å². The second kappa shape index (κ2) is 2.12. The molecule has 0 bridgehead atoms. The molecule has 0 saturated carbocycles. The summed E-state index contributed by atoms with van der Waals surface area (Å²) in [5.74, 6) is 0. The van der Waals surface area contributed by atoms with Crippen molar-refractivity contribution in [3.05, 3.63) is 24.5 Å². The molecule has 2 radical (unpaired) electrons. The smallest absolute Gasteiger partial charge is 0.0890 e. The van der Waals surface area contributed by atoms with Gasteiger partial charge in [-0.15, -0.1) is 0 Å². The zero-order chi connectivity index (χ0) is 4.95. The van der Waals surface area contributed by atoms with Crippen LogP contribution in [0.15, 0.2) is 12.3 Å². The van der Waals surface area contributed by atoms with E-state index in [2.05, 4.69) is 27.7 Å². The number of rotatable bonds is 0. The number of nitrogens with one attached hydrogen (secondary N) is 3. The number of aromatic amines is 3. The highest BCUT2D eigenvalue weighted by Crippen LogP contribution is 1.63. The summed E-state index contributed by atoms with van der Waals surface area (Å²) in [4.78, 5) is 0. The average Bonchev–Trinajstić information content (AvgIpc) is 1.90. The van der Waals surface area contributed by atoms with E-state index in [0.29, 0.717) is 0 Å². The predicted molar refractivity (Wildman–Crippen MR) is 24.8 cm³/mol. The fraction of sp³-hybridized carbons (Fsp3) is 0. The Kier molecular flexibility index (Phi) is 1.23. The number of aromatic nitrogens is 3. The first-order valence-electron chi connectivity index (χ1n) is 1.91. The average molecular weight is 95.1 g/mol. The van der Waals surface area contributed by atoms with Crippen LogP contribution in [0.2, 0.25) is 0 Å². The molecule has 36 valence electrons. The van der Waals surface area contributed by atoms with Crippen LogP contribution in [0.4, 0.5) is 0 Å². The Labute approximate surface area is 41.0 Å². The van der Waals surface area contributed by atoms with Crippen LogP contribution in [-0.2, 0) is 0 Å². The lowest BCUT2D eigenvalue weighted by Gasteiger charge is -1.68. The van der Waals surface area contributed by atoms with E-state index in [1.807, 2.05) is 0 Å². The van der Waals surface area contributed by atoms with Gasteiger partial charge in [0.1, 0.15) is 0 Å². The van der Waals surface area contributed by atoms with Gasteiger partial charge in [0.2, 0.25) is 0 Å². The Bertz CT molecular complexity index is 94.9. The van der Waals surface area contributed by atoms with Crippen LogP contribution in [0.5, 0.6) is 0 Å². The normalized spacial score (nSPS) is 8.00. The molecule has 0 aliphatic carbocycles. The van der Waals surface area contributed by atoms with Crippen LogP contribution in [0.3, 0.4) is 0 Å². The molecule has 3 heteroatoms. The molecule has 7 heavy (non-hydrogen) atoms. The number of hydrogen-bond acceptors (Lipinski definition) is 0. The predicted octanol–water partition coefficient (Wildman–Crippen LogP) is 0.396. The van der Waals surface area contributed by atoms with Crippen molar-refractivity contribution in [3.8, 4) is 0 Å². The van der Waals surface area contributed by atoms with Gasteiger partial charge in [0.25, 0.3) is 0 Å². The minimum absolute atomic E-state index is 1.70. The Hall–Kier alpha value is -1.12. The summed E-state index contributed by atoms with van der Waals surface area (Å²) in [5.41, 5.74) is 0. The van der Waals surface area contributed by atoms with Gasteiger partial charge in [-0.1, -0.05) is 0 Å². The van der Waals surface area contributed by atoms with Gasteiger partial charge in [-0.05, 0) is 6.07 Å². The first kappa shape index (κ1) is 4.05. The first-order valence-corrected chi connectivity index (χ1v) is 1.91. The highest BCUT2D eigenvalue weighted by Gasteiger charge is 1.56. The highest BCUT2D eigenvalue weighted by molar-refractivity contribution is 4.73. The maximum atomic E-state index is 2.68. The lowest BCUT2D eigenvalue weighted by atomic mass is 10.6. The van der Waals surface area contributed by atoms with Crippen molar-refractivity contribution in [2.24, 2.45) is 0 Å². The van der Waals surface area contributed by atoms with E-state index < -0.39 is 0 Å². The third-order valence-corrected chi connectivity index (χ3v) is 0.519. The lowest BCUT2D eigenvalue weighted by Crippen LogP contribution is -1.71. The molecule has 0 aromatic carbocycles. The number of hydrogen-bond donors (Lipinski definition) is 3. The minimum Gasteiger partial charge on any atom is -0.294 e. The zero-order valence-corrected chi connectivity index (χ0v) is 3.65. The molecular weight excluding hydrogens is 90.1 g/mol. The summed E-state index contributed by atoms with van der Waals surface area (Å²) in [7, 11) is 0. The quantitative estimate of drug-likeness (QED) is 0.417. The highest BCUT2D eigenvalue weighted by atomic mass is 15.3. The van der Waals surface area contributed by atoms with Crippen molar-refractivity contribution in [2.75, 3.05) is 0 Å². The van der Waals surface area contributed by atoms with Crippen molar-refractivity contribution in [3.63, 3.8) is 0 Å². The molecule has 1 rings (SSSR count). The molecule has 0 spiro atoms. The van der Waals surface area contributed by atoms with E-state index in [-0.39, 0.29) is 0 Å². The third kappa shape index (κ3) is 1.17. The van der Waals surface area contributed by atoms with E-state index in [1.165, 1.54) is 0 Å². The van der Waals surface area contributed by atoms with Gasteiger partial charge in [-0.3, -0.25) is 10.2 Å². The molecule has 0 aliphatic rings. The van der Waals surface area contributed by atoms with Gasteiger partial charge in [0, 0.05) is 12.3 Å². The molecule has 0 aliphatic heterocycles. The van der Waals surface area contributed by atoms with Gasteiger partial charge >= 0.3 is 0 Å². The largest absolute Gasteiger partial charge is 0.294 e. The van der Waals surface area contributed by atoms with Gasteiger partial charge in [-0.2, -0.15) is 0 Å². The fourth-order valence-corrected chi connectivity index (χ4v) is 0.270. The Morgan fingerprint density at radius 1 is 1.43 bits per heavy atom. The van der Waals surface area contributed by atoms with E-state index in [0.717, 1.165) is 0 Å². The van der Waals surface area contributed by atoms with E-state index >= 15 is 0 Å². The van der Waals surface area contributed by atoms with E-state index in [1.54, 1.807) is 12.3 Å². The molecular formula is C4H5N3.